The summed E-state index contributed by atoms with van der Waals surface area (Å²) in [6.45, 7) is 6.77. The maximum atomic E-state index is 5.55. The van der Waals surface area contributed by atoms with Gasteiger partial charge in [0.05, 0.1) is 0 Å². The summed E-state index contributed by atoms with van der Waals surface area (Å²) in [5, 5.41) is 0. The highest BCUT2D eigenvalue weighted by atomic mass is 14.4. The van der Waals surface area contributed by atoms with Gasteiger partial charge in [0.1, 0.15) is 0 Å². The molecule has 0 spiro atoms. The third-order valence-electron chi connectivity index (χ3n) is 3.41. The Balaban J connectivity index is 2.67. The summed E-state index contributed by atoms with van der Waals surface area (Å²) in [5.74, 6) is 4.51. The molecule has 1 fully saturated rings. The zero-order valence-electron chi connectivity index (χ0n) is 8.56. The monoisotopic (exact) mass is 164 g/mol. The smallest absolute Gasteiger partial charge is 0.0286 e. The minimum Gasteiger partial charge on any atom is -0.120 e. The Labute approximate surface area is 76.7 Å². The fourth-order valence-electron chi connectivity index (χ4n) is 2.50. The lowest BCUT2D eigenvalue weighted by molar-refractivity contribution is 0.150. The molecule has 2 unspecified atom stereocenters. The minimum absolute atomic E-state index is 0.111. The van der Waals surface area contributed by atoms with Gasteiger partial charge in [0.2, 0.25) is 0 Å². The molecule has 0 heteroatoms. The van der Waals surface area contributed by atoms with E-state index in [4.69, 9.17) is 6.42 Å². The molecule has 0 aromatic carbocycles. The van der Waals surface area contributed by atoms with Crippen LogP contribution in [-0.4, -0.2) is 0 Å². The van der Waals surface area contributed by atoms with Gasteiger partial charge in [-0.25, -0.2) is 0 Å². The van der Waals surface area contributed by atoms with Gasteiger partial charge in [0.15, 0.2) is 0 Å². The topological polar surface area (TPSA) is 0 Å². The molecule has 68 valence electrons. The number of hydrogen-bond donors (Lipinski definition) is 0. The van der Waals surface area contributed by atoms with Crippen LogP contribution < -0.4 is 0 Å². The summed E-state index contributed by atoms with van der Waals surface area (Å²) in [4.78, 5) is 0. The average molecular weight is 164 g/mol. The largest absolute Gasteiger partial charge is 0.120 e. The van der Waals surface area contributed by atoms with Crippen molar-refractivity contribution >= 4 is 0 Å². The molecule has 0 aliphatic heterocycles. The van der Waals surface area contributed by atoms with Crippen LogP contribution in [-0.2, 0) is 0 Å². The molecule has 0 aromatic heterocycles. The summed E-state index contributed by atoms with van der Waals surface area (Å²) >= 11 is 0. The first-order valence-corrected chi connectivity index (χ1v) is 5.05. The first-order chi connectivity index (χ1) is 5.58. The molecular weight excluding hydrogens is 144 g/mol. The van der Waals surface area contributed by atoms with Crippen molar-refractivity contribution < 1.29 is 0 Å². The van der Waals surface area contributed by atoms with E-state index in [0.29, 0.717) is 0 Å². The second-order valence-electron chi connectivity index (χ2n) is 4.73. The van der Waals surface area contributed by atoms with Gasteiger partial charge in [-0.2, -0.15) is 0 Å². The summed E-state index contributed by atoms with van der Waals surface area (Å²) < 4.78 is 0. The summed E-state index contributed by atoms with van der Waals surface area (Å²) in [6.07, 6.45) is 11.0. The molecule has 1 aliphatic rings. The van der Waals surface area contributed by atoms with E-state index in [1.807, 2.05) is 0 Å². The zero-order valence-corrected chi connectivity index (χ0v) is 8.56. The standard InChI is InChI=1S/C12H20/c1-5-12(3,4)11-9-7-6-8-10(11)2/h1,10-11H,6-9H2,2-4H3. The predicted octanol–water partition coefficient (Wildman–Crippen LogP) is 3.47. The van der Waals surface area contributed by atoms with E-state index < -0.39 is 0 Å². The van der Waals surface area contributed by atoms with Crippen LogP contribution in [0.5, 0.6) is 0 Å². The molecule has 0 amide bonds. The Bertz CT molecular complexity index is 183. The van der Waals surface area contributed by atoms with Crippen LogP contribution in [0.1, 0.15) is 46.5 Å². The van der Waals surface area contributed by atoms with Crippen LogP contribution in [0.4, 0.5) is 0 Å². The van der Waals surface area contributed by atoms with Crippen molar-refractivity contribution in [3.8, 4) is 12.3 Å². The molecule has 0 saturated heterocycles. The Morgan fingerprint density at radius 1 is 1.25 bits per heavy atom. The van der Waals surface area contributed by atoms with Crippen molar-refractivity contribution in [1.82, 2.24) is 0 Å². The number of rotatable bonds is 1. The molecule has 0 heterocycles. The second-order valence-corrected chi connectivity index (χ2v) is 4.73. The van der Waals surface area contributed by atoms with Gasteiger partial charge in [-0.3, -0.25) is 0 Å². The first kappa shape index (κ1) is 9.65. The molecule has 0 bridgehead atoms. The van der Waals surface area contributed by atoms with Gasteiger partial charge in [0.25, 0.3) is 0 Å². The number of terminal acetylenes is 1. The fourth-order valence-corrected chi connectivity index (χ4v) is 2.50. The molecule has 12 heavy (non-hydrogen) atoms. The lowest BCUT2D eigenvalue weighted by Gasteiger charge is -2.37. The van der Waals surface area contributed by atoms with Crippen molar-refractivity contribution in [3.63, 3.8) is 0 Å². The third-order valence-corrected chi connectivity index (χ3v) is 3.41. The highest BCUT2D eigenvalue weighted by molar-refractivity contribution is 5.05. The van der Waals surface area contributed by atoms with Gasteiger partial charge in [-0.05, 0) is 32.1 Å². The highest BCUT2D eigenvalue weighted by Gasteiger charge is 2.33. The summed E-state index contributed by atoms with van der Waals surface area (Å²) in [6, 6.07) is 0. The lowest BCUT2D eigenvalue weighted by atomic mass is 9.66. The first-order valence-electron chi connectivity index (χ1n) is 5.05. The molecule has 0 radical (unpaired) electrons. The maximum Gasteiger partial charge on any atom is 0.0286 e. The van der Waals surface area contributed by atoms with Gasteiger partial charge < -0.3 is 0 Å². The molecule has 2 atom stereocenters. The molecular formula is C12H20. The molecule has 0 nitrogen and oxygen atoms in total. The van der Waals surface area contributed by atoms with E-state index in [1.54, 1.807) is 0 Å². The van der Waals surface area contributed by atoms with Gasteiger partial charge in [0, 0.05) is 5.41 Å². The van der Waals surface area contributed by atoms with Crippen molar-refractivity contribution in [1.29, 1.82) is 0 Å². The molecule has 0 N–H and O–H groups in total. The molecule has 1 rings (SSSR count). The van der Waals surface area contributed by atoms with E-state index in [-0.39, 0.29) is 5.41 Å². The summed E-state index contributed by atoms with van der Waals surface area (Å²) in [5.41, 5.74) is 0.111. The predicted molar refractivity (Wildman–Crippen MR) is 53.7 cm³/mol. The zero-order chi connectivity index (χ0) is 9.19. The van der Waals surface area contributed by atoms with E-state index >= 15 is 0 Å². The Hall–Kier alpha value is -0.440. The number of hydrogen-bond acceptors (Lipinski definition) is 0. The quantitative estimate of drug-likeness (QED) is 0.520. The van der Waals surface area contributed by atoms with Crippen molar-refractivity contribution in [2.24, 2.45) is 17.3 Å². The second kappa shape index (κ2) is 3.52. The van der Waals surface area contributed by atoms with Crippen LogP contribution >= 0.6 is 0 Å². The SMILES string of the molecule is C#CC(C)(C)C1CCCCC1C. The van der Waals surface area contributed by atoms with Crippen LogP contribution in [0.3, 0.4) is 0 Å². The highest BCUT2D eigenvalue weighted by Crippen LogP contribution is 2.41. The van der Waals surface area contributed by atoms with Crippen LogP contribution in [0.2, 0.25) is 0 Å². The van der Waals surface area contributed by atoms with Crippen molar-refractivity contribution in [3.05, 3.63) is 0 Å². The van der Waals surface area contributed by atoms with Gasteiger partial charge >= 0.3 is 0 Å². The minimum atomic E-state index is 0.111. The van der Waals surface area contributed by atoms with E-state index in [9.17, 15) is 0 Å². The maximum absolute atomic E-state index is 5.55. The molecule has 1 saturated carbocycles. The van der Waals surface area contributed by atoms with Crippen molar-refractivity contribution in [2.45, 2.75) is 46.5 Å². The Kier molecular flexibility index (Phi) is 2.83. The van der Waals surface area contributed by atoms with Gasteiger partial charge in [-0.15, -0.1) is 12.3 Å². The van der Waals surface area contributed by atoms with E-state index in [2.05, 4.69) is 26.7 Å². The normalized spacial score (nSPS) is 31.2. The third kappa shape index (κ3) is 1.83. The van der Waals surface area contributed by atoms with Crippen LogP contribution in [0.25, 0.3) is 0 Å². The molecule has 0 aromatic rings. The molecule has 1 aliphatic carbocycles. The Morgan fingerprint density at radius 3 is 2.33 bits per heavy atom. The van der Waals surface area contributed by atoms with Gasteiger partial charge in [-0.1, -0.05) is 26.2 Å². The average Bonchev–Trinajstić information content (AvgIpc) is 2.05. The van der Waals surface area contributed by atoms with E-state index in [0.717, 1.165) is 11.8 Å². The fraction of sp³-hybridized carbons (Fsp3) is 0.833. The van der Waals surface area contributed by atoms with Crippen molar-refractivity contribution in [2.75, 3.05) is 0 Å². The lowest BCUT2D eigenvalue weighted by Crippen LogP contribution is -2.30. The van der Waals surface area contributed by atoms with Crippen LogP contribution in [0, 0.1) is 29.6 Å². The Morgan fingerprint density at radius 2 is 1.83 bits per heavy atom. The summed E-state index contributed by atoms with van der Waals surface area (Å²) in [7, 11) is 0. The van der Waals surface area contributed by atoms with E-state index in [1.165, 1.54) is 25.7 Å². The van der Waals surface area contributed by atoms with Crippen LogP contribution in [0.15, 0.2) is 0 Å².